The first-order chi connectivity index (χ1) is 12.6. The third-order valence-electron chi connectivity index (χ3n) is 3.38. The number of nitro groups is 1. The second-order valence-electron chi connectivity index (χ2n) is 5.32. The number of amides is 1. The normalized spacial score (nSPS) is 10.2. The largest absolute Gasteiger partial charge is 0.467 e. The summed E-state index contributed by atoms with van der Waals surface area (Å²) in [5.41, 5.74) is 0.367. The van der Waals surface area contributed by atoms with Gasteiger partial charge < -0.3 is 19.8 Å². The maximum Gasteiger partial charge on any atom is 0.306 e. The van der Waals surface area contributed by atoms with Crippen molar-refractivity contribution in [3.63, 3.8) is 0 Å². The number of nitrogens with one attached hydrogen (secondary N) is 2. The minimum atomic E-state index is -0.512. The fourth-order valence-corrected chi connectivity index (χ4v) is 2.11. The highest BCUT2D eigenvalue weighted by atomic mass is 16.6. The number of carbonyl (C=O) groups is 2. The lowest BCUT2D eigenvalue weighted by Gasteiger charge is -2.07. The van der Waals surface area contributed by atoms with E-state index >= 15 is 0 Å². The summed E-state index contributed by atoms with van der Waals surface area (Å²) in [6.45, 7) is 0.227. The number of hydrogen-bond donors (Lipinski definition) is 2. The van der Waals surface area contributed by atoms with Gasteiger partial charge in [0, 0.05) is 19.0 Å². The molecular weight excluding hydrogens is 342 g/mol. The number of hydrogen-bond acceptors (Lipinski definition) is 7. The fraction of sp³-hybridized carbons (Fsp3) is 0.294. The molecule has 1 heterocycles. The van der Waals surface area contributed by atoms with E-state index in [2.05, 4.69) is 10.6 Å². The predicted octanol–water partition coefficient (Wildman–Crippen LogP) is 2.24. The van der Waals surface area contributed by atoms with Crippen LogP contribution >= 0.6 is 0 Å². The maximum absolute atomic E-state index is 11.6. The number of anilines is 1. The molecule has 2 rings (SSSR count). The molecule has 0 bridgehead atoms. The first-order valence-electron chi connectivity index (χ1n) is 7.98. The molecule has 0 aliphatic carbocycles. The first-order valence-corrected chi connectivity index (χ1v) is 7.98. The maximum atomic E-state index is 11.6. The van der Waals surface area contributed by atoms with Crippen LogP contribution in [0.15, 0.2) is 47.1 Å². The molecule has 2 aromatic rings. The smallest absolute Gasteiger partial charge is 0.306 e. The third-order valence-corrected chi connectivity index (χ3v) is 3.38. The summed E-state index contributed by atoms with van der Waals surface area (Å²) in [6, 6.07) is 9.69. The van der Waals surface area contributed by atoms with Gasteiger partial charge in [-0.05, 0) is 24.6 Å². The number of benzene rings is 1. The Kier molecular flexibility index (Phi) is 7.17. The Morgan fingerprint density at radius 3 is 2.73 bits per heavy atom. The number of carbonyl (C=O) groups excluding carboxylic acids is 2. The van der Waals surface area contributed by atoms with Crippen LogP contribution in [0.3, 0.4) is 0 Å². The highest BCUT2D eigenvalue weighted by Gasteiger charge is 2.12. The average Bonchev–Trinajstić information content (AvgIpc) is 3.15. The molecule has 0 aliphatic rings. The Labute approximate surface area is 149 Å². The van der Waals surface area contributed by atoms with Crippen molar-refractivity contribution in [3.8, 4) is 0 Å². The lowest BCUT2D eigenvalue weighted by molar-refractivity contribution is -0.384. The summed E-state index contributed by atoms with van der Waals surface area (Å²) in [7, 11) is 0. The van der Waals surface area contributed by atoms with E-state index in [-0.39, 0.29) is 25.3 Å². The Morgan fingerprint density at radius 2 is 2.00 bits per heavy atom. The van der Waals surface area contributed by atoms with Gasteiger partial charge in [0.15, 0.2) is 6.61 Å². The molecule has 0 saturated carbocycles. The summed E-state index contributed by atoms with van der Waals surface area (Å²) in [5, 5.41) is 16.4. The summed E-state index contributed by atoms with van der Waals surface area (Å²) in [4.78, 5) is 33.6. The summed E-state index contributed by atoms with van der Waals surface area (Å²) in [6.07, 6.45) is 2.01. The van der Waals surface area contributed by atoms with Crippen molar-refractivity contribution in [1.29, 1.82) is 0 Å². The van der Waals surface area contributed by atoms with E-state index in [4.69, 9.17) is 9.15 Å². The second kappa shape index (κ2) is 9.82. The summed E-state index contributed by atoms with van der Waals surface area (Å²) < 4.78 is 9.93. The van der Waals surface area contributed by atoms with Gasteiger partial charge >= 0.3 is 5.97 Å². The molecule has 26 heavy (non-hydrogen) atoms. The first kappa shape index (κ1) is 19.0. The van der Waals surface area contributed by atoms with Gasteiger partial charge in [-0.25, -0.2) is 0 Å². The van der Waals surface area contributed by atoms with Crippen LogP contribution in [-0.4, -0.2) is 30.0 Å². The van der Waals surface area contributed by atoms with E-state index in [1.165, 1.54) is 12.3 Å². The molecule has 0 atom stereocenters. The molecule has 1 aromatic carbocycles. The van der Waals surface area contributed by atoms with Crippen LogP contribution in [0.1, 0.15) is 18.6 Å². The number of nitro benzene ring substituents is 1. The standard InChI is InChI=1S/C17H19N3O6/c21-16(19-11-13-5-4-10-25-13)12-26-17(22)8-3-9-18-14-6-1-2-7-15(14)20(23)24/h1-2,4-7,10,18H,3,8-9,11-12H2,(H,19,21). The van der Waals surface area contributed by atoms with Crippen molar-refractivity contribution in [2.45, 2.75) is 19.4 Å². The van der Waals surface area contributed by atoms with Gasteiger partial charge in [-0.1, -0.05) is 12.1 Å². The molecule has 0 fully saturated rings. The highest BCUT2D eigenvalue weighted by molar-refractivity contribution is 5.80. The fourth-order valence-electron chi connectivity index (χ4n) is 2.11. The predicted molar refractivity (Wildman–Crippen MR) is 92.3 cm³/mol. The topological polar surface area (TPSA) is 124 Å². The minimum Gasteiger partial charge on any atom is -0.467 e. The minimum absolute atomic E-state index is 0.0247. The van der Waals surface area contributed by atoms with E-state index < -0.39 is 16.8 Å². The van der Waals surface area contributed by atoms with Crippen LogP contribution in [0, 0.1) is 10.1 Å². The van der Waals surface area contributed by atoms with Crippen LogP contribution in [0.5, 0.6) is 0 Å². The van der Waals surface area contributed by atoms with Gasteiger partial charge in [-0.2, -0.15) is 0 Å². The van der Waals surface area contributed by atoms with Gasteiger partial charge in [0.05, 0.1) is 17.7 Å². The van der Waals surface area contributed by atoms with Crippen molar-refractivity contribution < 1.29 is 23.7 Å². The van der Waals surface area contributed by atoms with E-state index in [1.54, 1.807) is 30.3 Å². The van der Waals surface area contributed by atoms with Crippen molar-refractivity contribution in [2.24, 2.45) is 0 Å². The van der Waals surface area contributed by atoms with E-state index in [9.17, 15) is 19.7 Å². The van der Waals surface area contributed by atoms with Crippen LogP contribution in [0.4, 0.5) is 11.4 Å². The Balaban J connectivity index is 1.60. The molecular formula is C17H19N3O6. The van der Waals surface area contributed by atoms with Crippen LogP contribution in [0.2, 0.25) is 0 Å². The zero-order valence-corrected chi connectivity index (χ0v) is 14.0. The molecule has 0 saturated heterocycles. The van der Waals surface area contributed by atoms with Crippen LogP contribution < -0.4 is 10.6 Å². The lowest BCUT2D eigenvalue weighted by atomic mass is 10.2. The molecule has 9 nitrogen and oxygen atoms in total. The summed E-state index contributed by atoms with van der Waals surface area (Å²) in [5.74, 6) is -0.332. The van der Waals surface area contributed by atoms with E-state index in [0.717, 1.165) is 0 Å². The Bertz CT molecular complexity index is 745. The van der Waals surface area contributed by atoms with Gasteiger partial charge in [0.1, 0.15) is 11.4 Å². The zero-order valence-electron chi connectivity index (χ0n) is 14.0. The van der Waals surface area contributed by atoms with Gasteiger partial charge in [0.25, 0.3) is 11.6 Å². The van der Waals surface area contributed by atoms with Crippen molar-refractivity contribution in [3.05, 3.63) is 58.5 Å². The summed E-state index contributed by atoms with van der Waals surface area (Å²) >= 11 is 0. The molecule has 0 aliphatic heterocycles. The SMILES string of the molecule is O=C(COC(=O)CCCNc1ccccc1[N+](=O)[O-])NCc1ccco1. The number of esters is 1. The van der Waals surface area contributed by atoms with Gasteiger partial charge in [-0.3, -0.25) is 19.7 Å². The highest BCUT2D eigenvalue weighted by Crippen LogP contribution is 2.22. The van der Waals surface area contributed by atoms with Crippen molar-refractivity contribution in [2.75, 3.05) is 18.5 Å². The van der Waals surface area contributed by atoms with Crippen molar-refractivity contribution in [1.82, 2.24) is 5.32 Å². The molecule has 0 unspecified atom stereocenters. The van der Waals surface area contributed by atoms with Crippen molar-refractivity contribution >= 4 is 23.3 Å². The van der Waals surface area contributed by atoms with Crippen LogP contribution in [-0.2, 0) is 20.9 Å². The van der Waals surface area contributed by atoms with E-state index in [0.29, 0.717) is 24.4 Å². The van der Waals surface area contributed by atoms with E-state index in [1.807, 2.05) is 0 Å². The van der Waals surface area contributed by atoms with Gasteiger partial charge in [-0.15, -0.1) is 0 Å². The number of rotatable bonds is 10. The number of para-hydroxylation sites is 2. The van der Waals surface area contributed by atoms with Crippen LogP contribution in [0.25, 0.3) is 0 Å². The monoisotopic (exact) mass is 361 g/mol. The molecule has 1 amide bonds. The number of ether oxygens (including phenoxy) is 1. The Morgan fingerprint density at radius 1 is 1.19 bits per heavy atom. The third kappa shape index (κ3) is 6.27. The molecule has 9 heteroatoms. The quantitative estimate of drug-likeness (QED) is 0.288. The molecule has 0 radical (unpaired) electrons. The number of nitrogens with zero attached hydrogens (tertiary/aromatic N) is 1. The molecule has 0 spiro atoms. The zero-order chi connectivity index (χ0) is 18.8. The lowest BCUT2D eigenvalue weighted by Crippen LogP contribution is -2.28. The average molecular weight is 361 g/mol. The Hall–Kier alpha value is -3.36. The molecule has 138 valence electrons. The molecule has 2 N–H and O–H groups in total. The van der Waals surface area contributed by atoms with Gasteiger partial charge in [0.2, 0.25) is 0 Å². The number of furan rings is 1. The molecule has 1 aromatic heterocycles. The second-order valence-corrected chi connectivity index (χ2v) is 5.32.